The quantitative estimate of drug-likeness (QED) is 0.575. The van der Waals surface area contributed by atoms with E-state index in [1.807, 2.05) is 12.1 Å². The van der Waals surface area contributed by atoms with Crippen LogP contribution in [0.15, 0.2) is 36.4 Å². The lowest BCUT2D eigenvalue weighted by Gasteiger charge is -2.30. The Labute approximate surface area is 156 Å². The molecule has 1 aromatic carbocycles. The van der Waals surface area contributed by atoms with Gasteiger partial charge in [0.25, 0.3) is 0 Å². The van der Waals surface area contributed by atoms with Gasteiger partial charge in [-0.1, -0.05) is 24.3 Å². The predicted molar refractivity (Wildman–Crippen MR) is 103 cm³/mol. The van der Waals surface area contributed by atoms with Crippen molar-refractivity contribution in [2.45, 2.75) is 44.7 Å². The molecule has 3 aliphatic rings. The lowest BCUT2D eigenvalue weighted by molar-refractivity contribution is -0.129. The van der Waals surface area contributed by atoms with Crippen LogP contribution in [0.2, 0.25) is 0 Å². The van der Waals surface area contributed by atoms with Gasteiger partial charge in [0.2, 0.25) is 5.91 Å². The highest BCUT2D eigenvalue weighted by molar-refractivity contribution is 5.78. The van der Waals surface area contributed by atoms with Gasteiger partial charge in [-0.25, -0.2) is 0 Å². The van der Waals surface area contributed by atoms with Crippen molar-refractivity contribution in [2.75, 3.05) is 20.2 Å². The number of fused-ring (bicyclic) bond motifs is 2. The molecule has 1 unspecified atom stereocenters. The molecule has 4 rings (SSSR count). The molecule has 4 heteroatoms. The number of carbonyl (C=O) groups is 1. The fourth-order valence-corrected chi connectivity index (χ4v) is 4.99. The minimum atomic E-state index is 0.370. The van der Waals surface area contributed by atoms with Gasteiger partial charge in [0.1, 0.15) is 5.75 Å². The number of hydrogen-bond donors (Lipinski definition) is 1. The summed E-state index contributed by atoms with van der Waals surface area (Å²) in [5, 5.41) is 3.53. The predicted octanol–water partition coefficient (Wildman–Crippen LogP) is 3.38. The minimum Gasteiger partial charge on any atom is -0.497 e. The van der Waals surface area contributed by atoms with Crippen LogP contribution in [0.4, 0.5) is 0 Å². The summed E-state index contributed by atoms with van der Waals surface area (Å²) < 4.78 is 5.28. The summed E-state index contributed by atoms with van der Waals surface area (Å²) in [6.07, 6.45) is 10.2. The summed E-state index contributed by atoms with van der Waals surface area (Å²) in [5.41, 5.74) is 1.23. The van der Waals surface area contributed by atoms with Gasteiger partial charge in [0.05, 0.1) is 7.11 Å². The molecule has 1 aromatic rings. The van der Waals surface area contributed by atoms with E-state index in [4.69, 9.17) is 4.74 Å². The smallest absolute Gasteiger partial charge is 0.222 e. The first-order valence-electron chi connectivity index (χ1n) is 10.0. The van der Waals surface area contributed by atoms with Crippen molar-refractivity contribution in [3.8, 4) is 5.75 Å². The molecular formula is C22H30N2O2. The third-order valence-electron chi connectivity index (χ3n) is 6.42. The maximum absolute atomic E-state index is 12.4. The van der Waals surface area contributed by atoms with Crippen molar-refractivity contribution in [2.24, 2.45) is 17.8 Å². The van der Waals surface area contributed by atoms with Gasteiger partial charge in [-0.3, -0.25) is 4.79 Å². The molecule has 140 valence electrons. The second-order valence-corrected chi connectivity index (χ2v) is 8.10. The molecule has 1 saturated carbocycles. The third kappa shape index (κ3) is 3.80. The second-order valence-electron chi connectivity index (χ2n) is 8.10. The Morgan fingerprint density at radius 3 is 2.96 bits per heavy atom. The second kappa shape index (κ2) is 7.83. The zero-order valence-corrected chi connectivity index (χ0v) is 15.7. The number of benzene rings is 1. The first-order chi connectivity index (χ1) is 12.7. The Morgan fingerprint density at radius 1 is 1.27 bits per heavy atom. The molecule has 26 heavy (non-hydrogen) atoms. The van der Waals surface area contributed by atoms with Crippen molar-refractivity contribution in [3.05, 3.63) is 42.0 Å². The van der Waals surface area contributed by atoms with Crippen molar-refractivity contribution < 1.29 is 9.53 Å². The lowest BCUT2D eigenvalue weighted by atomic mass is 9.92. The summed E-state index contributed by atoms with van der Waals surface area (Å²) in [5.74, 6) is 3.47. The van der Waals surface area contributed by atoms with Gasteiger partial charge in [-0.05, 0) is 67.7 Å². The Bertz CT molecular complexity index is 672. The standard InChI is InChI=1S/C22H30N2O2/c1-26-21-4-2-3-17(13-21)14-23-10-9-20-7-8-22(25)24(20)15-19-12-16-5-6-18(19)11-16/h2-6,13,16,18-20,23H,7-12,14-15H2,1H3/t16-,18+,19-,20?/m1/s1. The zero-order chi connectivity index (χ0) is 17.9. The number of likely N-dealkylation sites (tertiary alicyclic amines) is 1. The van der Waals surface area contributed by atoms with Crippen LogP contribution in [-0.2, 0) is 11.3 Å². The number of nitrogens with one attached hydrogen (secondary N) is 1. The fourth-order valence-electron chi connectivity index (χ4n) is 4.99. The largest absolute Gasteiger partial charge is 0.497 e. The SMILES string of the molecule is COc1cccc(CNCCC2CCC(=O)N2C[C@H]2C[C@@H]3C=C[C@H]2C3)c1. The van der Waals surface area contributed by atoms with Gasteiger partial charge < -0.3 is 15.0 Å². The highest BCUT2D eigenvalue weighted by Gasteiger charge is 2.39. The van der Waals surface area contributed by atoms with E-state index in [0.29, 0.717) is 17.9 Å². The molecule has 1 saturated heterocycles. The molecule has 1 heterocycles. The molecule has 1 amide bonds. The summed E-state index contributed by atoms with van der Waals surface area (Å²) in [4.78, 5) is 14.6. The Hall–Kier alpha value is -1.81. The average Bonchev–Trinajstić information content (AvgIpc) is 3.37. The van der Waals surface area contributed by atoms with E-state index in [2.05, 4.69) is 34.5 Å². The van der Waals surface area contributed by atoms with E-state index >= 15 is 0 Å². The molecule has 2 fully saturated rings. The Morgan fingerprint density at radius 2 is 2.19 bits per heavy atom. The molecule has 2 bridgehead atoms. The minimum absolute atomic E-state index is 0.370. The summed E-state index contributed by atoms with van der Waals surface area (Å²) in [7, 11) is 1.70. The number of nitrogens with zero attached hydrogens (tertiary/aromatic N) is 1. The summed E-state index contributed by atoms with van der Waals surface area (Å²) >= 11 is 0. The van der Waals surface area contributed by atoms with E-state index in [0.717, 1.165) is 56.5 Å². The fraction of sp³-hybridized carbons (Fsp3) is 0.591. The first-order valence-corrected chi connectivity index (χ1v) is 10.0. The highest BCUT2D eigenvalue weighted by Crippen LogP contribution is 2.44. The molecule has 0 aromatic heterocycles. The number of methoxy groups -OCH3 is 1. The van der Waals surface area contributed by atoms with E-state index < -0.39 is 0 Å². The molecule has 1 aliphatic heterocycles. The molecule has 2 aliphatic carbocycles. The van der Waals surface area contributed by atoms with Gasteiger partial charge in [0, 0.05) is 25.6 Å². The monoisotopic (exact) mass is 354 g/mol. The van der Waals surface area contributed by atoms with Crippen LogP contribution >= 0.6 is 0 Å². The van der Waals surface area contributed by atoms with Crippen molar-refractivity contribution in [1.29, 1.82) is 0 Å². The summed E-state index contributed by atoms with van der Waals surface area (Å²) in [6, 6.07) is 8.60. The zero-order valence-electron chi connectivity index (χ0n) is 15.7. The molecule has 4 atom stereocenters. The van der Waals surface area contributed by atoms with Crippen LogP contribution in [-0.4, -0.2) is 37.0 Å². The van der Waals surface area contributed by atoms with Crippen LogP contribution < -0.4 is 10.1 Å². The number of allylic oxidation sites excluding steroid dienone is 2. The van der Waals surface area contributed by atoms with Crippen LogP contribution in [0.25, 0.3) is 0 Å². The van der Waals surface area contributed by atoms with Gasteiger partial charge in [-0.2, -0.15) is 0 Å². The van der Waals surface area contributed by atoms with Gasteiger partial charge in [0.15, 0.2) is 0 Å². The third-order valence-corrected chi connectivity index (χ3v) is 6.42. The highest BCUT2D eigenvalue weighted by atomic mass is 16.5. The van der Waals surface area contributed by atoms with Gasteiger partial charge >= 0.3 is 0 Å². The van der Waals surface area contributed by atoms with E-state index in [9.17, 15) is 4.79 Å². The van der Waals surface area contributed by atoms with Crippen molar-refractivity contribution in [1.82, 2.24) is 10.2 Å². The van der Waals surface area contributed by atoms with Crippen molar-refractivity contribution in [3.63, 3.8) is 0 Å². The number of carbonyl (C=O) groups excluding carboxylic acids is 1. The van der Waals surface area contributed by atoms with Crippen LogP contribution in [0.5, 0.6) is 5.75 Å². The molecule has 0 spiro atoms. The average molecular weight is 354 g/mol. The molecule has 4 nitrogen and oxygen atoms in total. The first kappa shape index (κ1) is 17.6. The van der Waals surface area contributed by atoms with E-state index in [-0.39, 0.29) is 0 Å². The van der Waals surface area contributed by atoms with Crippen LogP contribution in [0.1, 0.15) is 37.7 Å². The normalized spacial score (nSPS) is 29.7. The molecule has 1 N–H and O–H groups in total. The number of amides is 1. The number of ether oxygens (including phenoxy) is 1. The van der Waals surface area contributed by atoms with Crippen LogP contribution in [0, 0.1) is 17.8 Å². The van der Waals surface area contributed by atoms with Gasteiger partial charge in [-0.15, -0.1) is 0 Å². The molecule has 0 radical (unpaired) electrons. The van der Waals surface area contributed by atoms with Crippen LogP contribution in [0.3, 0.4) is 0 Å². The number of hydrogen-bond acceptors (Lipinski definition) is 3. The Kier molecular flexibility index (Phi) is 5.30. The molecular weight excluding hydrogens is 324 g/mol. The maximum atomic E-state index is 12.4. The topological polar surface area (TPSA) is 41.6 Å². The van der Waals surface area contributed by atoms with E-state index in [1.54, 1.807) is 7.11 Å². The summed E-state index contributed by atoms with van der Waals surface area (Å²) in [6.45, 7) is 2.77. The lowest BCUT2D eigenvalue weighted by Crippen LogP contribution is -2.39. The van der Waals surface area contributed by atoms with E-state index in [1.165, 1.54) is 18.4 Å². The Balaban J connectivity index is 1.24. The number of rotatable bonds is 8. The van der Waals surface area contributed by atoms with Crippen molar-refractivity contribution >= 4 is 5.91 Å². The maximum Gasteiger partial charge on any atom is 0.222 e.